The van der Waals surface area contributed by atoms with Crippen molar-refractivity contribution in [2.75, 3.05) is 17.6 Å². The van der Waals surface area contributed by atoms with Crippen LogP contribution in [-0.2, 0) is 0 Å². The Balaban J connectivity index is 1.50. The fourth-order valence-corrected chi connectivity index (χ4v) is 3.32. The summed E-state index contributed by atoms with van der Waals surface area (Å²) in [7, 11) is 1.55. The molecular formula is C19H16FN5OS. The van der Waals surface area contributed by atoms with Gasteiger partial charge in [-0.3, -0.25) is 10.1 Å². The van der Waals surface area contributed by atoms with Crippen molar-refractivity contribution in [1.82, 2.24) is 15.2 Å². The van der Waals surface area contributed by atoms with E-state index in [9.17, 15) is 4.39 Å². The maximum Gasteiger partial charge on any atom is 0.153 e. The summed E-state index contributed by atoms with van der Waals surface area (Å²) in [4.78, 5) is 4.92. The highest BCUT2D eigenvalue weighted by atomic mass is 32.2. The van der Waals surface area contributed by atoms with E-state index < -0.39 is 0 Å². The van der Waals surface area contributed by atoms with E-state index in [1.807, 2.05) is 30.3 Å². The summed E-state index contributed by atoms with van der Waals surface area (Å²) >= 11 is 1.16. The quantitative estimate of drug-likeness (QED) is 0.442. The van der Waals surface area contributed by atoms with Crippen molar-refractivity contribution in [2.45, 2.75) is 4.90 Å². The lowest BCUT2D eigenvalue weighted by molar-refractivity contribution is 0.411. The number of hydrogen-bond acceptors (Lipinski definition) is 6. The third kappa shape index (κ3) is 3.52. The Morgan fingerprint density at radius 1 is 1.15 bits per heavy atom. The molecule has 0 bridgehead atoms. The Bertz CT molecular complexity index is 1100. The molecule has 0 amide bonds. The molecule has 2 aromatic carbocycles. The zero-order chi connectivity index (χ0) is 18.8. The molecule has 8 heteroatoms. The summed E-state index contributed by atoms with van der Waals surface area (Å²) in [5.74, 6) is 0.764. The number of aromatic amines is 1. The number of benzene rings is 2. The van der Waals surface area contributed by atoms with Gasteiger partial charge in [0.05, 0.1) is 35.1 Å². The number of nitrogen functional groups attached to an aromatic ring is 1. The first-order valence-corrected chi connectivity index (χ1v) is 8.92. The van der Waals surface area contributed by atoms with E-state index in [0.29, 0.717) is 16.5 Å². The number of nitrogens with zero attached hydrogens (tertiary/aromatic N) is 2. The highest BCUT2D eigenvalue weighted by molar-refractivity contribution is 8.00. The van der Waals surface area contributed by atoms with Crippen LogP contribution in [0.1, 0.15) is 0 Å². The van der Waals surface area contributed by atoms with E-state index in [1.54, 1.807) is 25.4 Å². The van der Waals surface area contributed by atoms with Gasteiger partial charge in [0.25, 0.3) is 0 Å². The number of hydrogen-bond donors (Lipinski definition) is 3. The average Bonchev–Trinajstić information content (AvgIpc) is 3.08. The largest absolute Gasteiger partial charge is 0.497 e. The number of methoxy groups -OCH3 is 1. The average molecular weight is 381 g/mol. The Labute approximate surface area is 159 Å². The molecule has 0 aliphatic rings. The molecule has 2 aromatic heterocycles. The monoisotopic (exact) mass is 381 g/mol. The third-order valence-electron chi connectivity index (χ3n) is 4.07. The van der Waals surface area contributed by atoms with Crippen molar-refractivity contribution in [1.29, 1.82) is 0 Å². The molecular weight excluding hydrogens is 365 g/mol. The molecule has 4 rings (SSSR count). The number of pyridine rings is 1. The second-order valence-corrected chi connectivity index (χ2v) is 6.65. The van der Waals surface area contributed by atoms with Crippen LogP contribution in [0.5, 0.6) is 5.75 Å². The molecule has 0 atom stereocenters. The highest BCUT2D eigenvalue weighted by Crippen LogP contribution is 2.29. The van der Waals surface area contributed by atoms with Gasteiger partial charge in [0.1, 0.15) is 11.6 Å². The number of H-pyrrole nitrogens is 1. The molecule has 0 aliphatic carbocycles. The van der Waals surface area contributed by atoms with Crippen molar-refractivity contribution in [3.63, 3.8) is 0 Å². The van der Waals surface area contributed by atoms with E-state index in [0.717, 1.165) is 39.8 Å². The predicted molar refractivity (Wildman–Crippen MR) is 106 cm³/mol. The van der Waals surface area contributed by atoms with Crippen LogP contribution in [0.15, 0.2) is 59.6 Å². The number of fused-ring (bicyclic) bond motifs is 1. The van der Waals surface area contributed by atoms with E-state index in [2.05, 4.69) is 19.9 Å². The standard InChI is InChI=1S/C19H16FN5OS/c1-26-13-4-6-15(20)18(9-13)27-25-12-3-7-16(22-10-12)11-2-5-14-17(8-11)23-24-19(14)21/h2-10,25H,1H3,(H3,21,23,24). The zero-order valence-corrected chi connectivity index (χ0v) is 15.2. The van der Waals surface area contributed by atoms with Gasteiger partial charge in [-0.05, 0) is 54.4 Å². The van der Waals surface area contributed by atoms with Crippen molar-refractivity contribution in [2.24, 2.45) is 0 Å². The number of anilines is 2. The molecule has 27 heavy (non-hydrogen) atoms. The molecule has 0 saturated heterocycles. The van der Waals surface area contributed by atoms with E-state index in [4.69, 9.17) is 10.5 Å². The maximum absolute atomic E-state index is 13.9. The minimum absolute atomic E-state index is 0.315. The highest BCUT2D eigenvalue weighted by Gasteiger charge is 2.07. The van der Waals surface area contributed by atoms with Gasteiger partial charge >= 0.3 is 0 Å². The van der Waals surface area contributed by atoms with Gasteiger partial charge in [0.15, 0.2) is 5.82 Å². The molecule has 2 heterocycles. The number of ether oxygens (including phenoxy) is 1. The molecule has 0 radical (unpaired) electrons. The van der Waals surface area contributed by atoms with Crippen LogP contribution in [-0.4, -0.2) is 22.3 Å². The van der Waals surface area contributed by atoms with Gasteiger partial charge in [-0.1, -0.05) is 6.07 Å². The van der Waals surface area contributed by atoms with Crippen LogP contribution in [0.4, 0.5) is 15.9 Å². The van der Waals surface area contributed by atoms with Crippen LogP contribution in [0.2, 0.25) is 0 Å². The first-order chi connectivity index (χ1) is 13.1. The molecule has 4 aromatic rings. The molecule has 4 N–H and O–H groups in total. The predicted octanol–water partition coefficient (Wildman–Crippen LogP) is 4.47. The summed E-state index contributed by atoms with van der Waals surface area (Å²) in [6.07, 6.45) is 1.70. The first kappa shape index (κ1) is 17.2. The molecule has 0 saturated carbocycles. The van der Waals surface area contributed by atoms with E-state index >= 15 is 0 Å². The number of halogens is 1. The Morgan fingerprint density at radius 2 is 2.04 bits per heavy atom. The second-order valence-electron chi connectivity index (χ2n) is 5.80. The molecule has 0 unspecified atom stereocenters. The Hall–Kier alpha value is -3.26. The molecule has 136 valence electrons. The number of aromatic nitrogens is 3. The SMILES string of the molecule is COc1ccc(F)c(SNc2ccc(-c3ccc4c(N)n[nH]c4c3)nc2)c1. The van der Waals surface area contributed by atoms with Crippen LogP contribution < -0.4 is 15.2 Å². The third-order valence-corrected chi connectivity index (χ3v) is 4.94. The maximum atomic E-state index is 13.9. The molecule has 0 aliphatic heterocycles. The Morgan fingerprint density at radius 3 is 2.81 bits per heavy atom. The van der Waals surface area contributed by atoms with Crippen LogP contribution in [0.3, 0.4) is 0 Å². The van der Waals surface area contributed by atoms with Crippen molar-refractivity contribution >= 4 is 34.4 Å². The second kappa shape index (κ2) is 7.16. The summed E-state index contributed by atoms with van der Waals surface area (Å²) < 4.78 is 22.1. The van der Waals surface area contributed by atoms with E-state index in [1.165, 1.54) is 6.07 Å². The lowest BCUT2D eigenvalue weighted by Crippen LogP contribution is -1.92. The van der Waals surface area contributed by atoms with Crippen LogP contribution >= 0.6 is 11.9 Å². The first-order valence-electron chi connectivity index (χ1n) is 8.10. The smallest absolute Gasteiger partial charge is 0.153 e. The summed E-state index contributed by atoms with van der Waals surface area (Å²) in [5.41, 5.74) is 9.17. The van der Waals surface area contributed by atoms with Crippen molar-refractivity contribution in [3.8, 4) is 17.0 Å². The summed E-state index contributed by atoms with van der Waals surface area (Å²) in [6.45, 7) is 0. The zero-order valence-electron chi connectivity index (χ0n) is 14.4. The van der Waals surface area contributed by atoms with Crippen LogP contribution in [0, 0.1) is 5.82 Å². The van der Waals surface area contributed by atoms with Crippen molar-refractivity contribution < 1.29 is 9.13 Å². The van der Waals surface area contributed by atoms with Gasteiger partial charge in [-0.2, -0.15) is 5.10 Å². The van der Waals surface area contributed by atoms with E-state index in [-0.39, 0.29) is 5.82 Å². The van der Waals surface area contributed by atoms with Gasteiger partial charge in [-0.25, -0.2) is 4.39 Å². The fraction of sp³-hybridized carbons (Fsp3) is 0.0526. The normalized spacial score (nSPS) is 10.9. The topological polar surface area (TPSA) is 88.9 Å². The lowest BCUT2D eigenvalue weighted by Gasteiger charge is -2.08. The summed E-state index contributed by atoms with van der Waals surface area (Å²) in [6, 6.07) is 14.2. The van der Waals surface area contributed by atoms with Crippen LogP contribution in [0.25, 0.3) is 22.2 Å². The van der Waals surface area contributed by atoms with Gasteiger partial charge < -0.3 is 15.2 Å². The molecule has 6 nitrogen and oxygen atoms in total. The molecule has 0 spiro atoms. The van der Waals surface area contributed by atoms with Crippen molar-refractivity contribution in [3.05, 3.63) is 60.5 Å². The van der Waals surface area contributed by atoms with Gasteiger partial charge in [0, 0.05) is 10.9 Å². The minimum Gasteiger partial charge on any atom is -0.497 e. The van der Waals surface area contributed by atoms with Gasteiger partial charge in [-0.15, -0.1) is 0 Å². The number of nitrogens with one attached hydrogen (secondary N) is 2. The lowest BCUT2D eigenvalue weighted by atomic mass is 10.1. The Kier molecular flexibility index (Phi) is 4.55. The minimum atomic E-state index is -0.315. The fourth-order valence-electron chi connectivity index (χ4n) is 2.63. The number of rotatable bonds is 5. The number of nitrogens with two attached hydrogens (primary N) is 1. The van der Waals surface area contributed by atoms with Gasteiger partial charge in [0.2, 0.25) is 0 Å². The summed E-state index contributed by atoms with van der Waals surface area (Å²) in [5, 5.41) is 7.78. The molecule has 0 fully saturated rings.